The van der Waals surface area contributed by atoms with Crippen LogP contribution in [0.4, 0.5) is 16.2 Å². The van der Waals surface area contributed by atoms with Crippen molar-refractivity contribution in [2.75, 3.05) is 19.1 Å². The Balaban J connectivity index is 1.60. The predicted octanol–water partition coefficient (Wildman–Crippen LogP) is 3.50. The van der Waals surface area contributed by atoms with Crippen LogP contribution in [0.2, 0.25) is 0 Å². The quantitative estimate of drug-likeness (QED) is 0.124. The monoisotopic (exact) mass is 517 g/mol. The molecule has 38 heavy (non-hydrogen) atoms. The molecule has 0 spiro atoms. The number of nitrogens with zero attached hydrogens (tertiary/aromatic N) is 2. The molecule has 0 aromatic heterocycles. The fourth-order valence-electron chi connectivity index (χ4n) is 3.54. The Morgan fingerprint density at radius 1 is 0.947 bits per heavy atom. The van der Waals surface area contributed by atoms with E-state index >= 15 is 0 Å². The molecule has 0 bridgehead atoms. The number of urea groups is 1. The molecule has 12 nitrogen and oxygen atoms in total. The fourth-order valence-corrected chi connectivity index (χ4v) is 3.54. The molecule has 3 aromatic rings. The number of rotatable bonds is 7. The van der Waals surface area contributed by atoms with E-state index in [0.717, 1.165) is 4.90 Å². The molecule has 1 aliphatic heterocycles. The molecule has 3 aromatic carbocycles. The summed E-state index contributed by atoms with van der Waals surface area (Å²) >= 11 is 0. The van der Waals surface area contributed by atoms with E-state index in [1.54, 1.807) is 12.1 Å². The lowest BCUT2D eigenvalue weighted by Crippen LogP contribution is -2.54. The van der Waals surface area contributed by atoms with Crippen molar-refractivity contribution >= 4 is 41.3 Å². The Bertz CT molecular complexity index is 1500. The molecule has 192 valence electrons. The van der Waals surface area contributed by atoms with Gasteiger partial charge in [-0.25, -0.2) is 14.5 Å². The van der Waals surface area contributed by atoms with E-state index in [1.165, 1.54) is 74.9 Å². The number of anilines is 1. The van der Waals surface area contributed by atoms with Crippen LogP contribution in [-0.4, -0.2) is 43.0 Å². The number of benzene rings is 3. The number of esters is 1. The van der Waals surface area contributed by atoms with E-state index in [-0.39, 0.29) is 34.0 Å². The highest BCUT2D eigenvalue weighted by Crippen LogP contribution is 2.31. The lowest BCUT2D eigenvalue weighted by molar-refractivity contribution is -0.384. The minimum atomic E-state index is -0.906. The van der Waals surface area contributed by atoms with E-state index in [9.17, 15) is 29.3 Å². The molecule has 1 N–H and O–H groups in total. The zero-order chi connectivity index (χ0) is 27.4. The molecule has 0 atom stereocenters. The first-order valence-corrected chi connectivity index (χ1v) is 10.9. The van der Waals surface area contributed by atoms with E-state index in [0.29, 0.717) is 11.3 Å². The van der Waals surface area contributed by atoms with Gasteiger partial charge in [-0.15, -0.1) is 0 Å². The predicted molar refractivity (Wildman–Crippen MR) is 133 cm³/mol. The van der Waals surface area contributed by atoms with Crippen LogP contribution in [0, 0.1) is 10.1 Å². The summed E-state index contributed by atoms with van der Waals surface area (Å²) in [6, 6.07) is 14.5. The maximum atomic E-state index is 13.1. The zero-order valence-electron chi connectivity index (χ0n) is 20.0. The second kappa shape index (κ2) is 10.6. The summed E-state index contributed by atoms with van der Waals surface area (Å²) in [5, 5.41) is 12.9. The highest BCUT2D eigenvalue weighted by atomic mass is 16.6. The highest BCUT2D eigenvalue weighted by Gasteiger charge is 2.37. The van der Waals surface area contributed by atoms with Crippen LogP contribution < -0.4 is 24.4 Å². The van der Waals surface area contributed by atoms with Gasteiger partial charge >= 0.3 is 12.0 Å². The van der Waals surface area contributed by atoms with Crippen molar-refractivity contribution in [3.8, 4) is 17.2 Å². The Kier molecular flexibility index (Phi) is 7.15. The molecule has 12 heteroatoms. The summed E-state index contributed by atoms with van der Waals surface area (Å²) < 4.78 is 15.8. The third-order valence-electron chi connectivity index (χ3n) is 5.43. The maximum Gasteiger partial charge on any atom is 0.343 e. The number of non-ortho nitro benzene ring substituents is 1. The van der Waals surface area contributed by atoms with Crippen LogP contribution in [0.1, 0.15) is 15.9 Å². The number of nitro groups is 1. The second-order valence-electron chi connectivity index (χ2n) is 7.76. The molecule has 0 aliphatic carbocycles. The summed E-state index contributed by atoms with van der Waals surface area (Å²) in [7, 11) is 2.77. The Morgan fingerprint density at radius 3 is 2.34 bits per heavy atom. The van der Waals surface area contributed by atoms with Gasteiger partial charge in [-0.2, -0.15) is 0 Å². The van der Waals surface area contributed by atoms with Gasteiger partial charge in [-0.3, -0.25) is 25.0 Å². The van der Waals surface area contributed by atoms with Crippen molar-refractivity contribution in [2.24, 2.45) is 0 Å². The van der Waals surface area contributed by atoms with Gasteiger partial charge in [0.2, 0.25) is 0 Å². The molecule has 4 amide bonds. The SMILES string of the molecule is COc1cccc(N2C(=O)NC(=O)/C(=C\c3ccc(OC(=O)c4ccc([N+](=O)[O-])cc4)c(OC)c3)C2=O)c1. The Labute approximate surface area is 215 Å². The normalized spacial score (nSPS) is 14.2. The number of amides is 4. The zero-order valence-corrected chi connectivity index (χ0v) is 20.0. The smallest absolute Gasteiger partial charge is 0.343 e. The van der Waals surface area contributed by atoms with Crippen molar-refractivity contribution < 1.29 is 38.3 Å². The number of carbonyl (C=O) groups is 4. The van der Waals surface area contributed by atoms with Gasteiger partial charge in [0.05, 0.1) is 30.4 Å². The van der Waals surface area contributed by atoms with Gasteiger partial charge in [-0.1, -0.05) is 12.1 Å². The van der Waals surface area contributed by atoms with E-state index in [1.807, 2.05) is 0 Å². The number of hydrogen-bond acceptors (Lipinski definition) is 9. The number of barbiturate groups is 1. The average Bonchev–Trinajstić information content (AvgIpc) is 2.91. The number of carbonyl (C=O) groups excluding carboxylic acids is 4. The molecular weight excluding hydrogens is 498 g/mol. The topological polar surface area (TPSA) is 154 Å². The maximum absolute atomic E-state index is 13.1. The number of hydrogen-bond donors (Lipinski definition) is 1. The number of nitrogens with one attached hydrogen (secondary N) is 1. The van der Waals surface area contributed by atoms with Crippen molar-refractivity contribution in [2.45, 2.75) is 0 Å². The van der Waals surface area contributed by atoms with Gasteiger partial charge in [0.15, 0.2) is 11.5 Å². The first-order chi connectivity index (χ1) is 18.2. The van der Waals surface area contributed by atoms with Crippen LogP contribution in [0.3, 0.4) is 0 Å². The van der Waals surface area contributed by atoms with Crippen LogP contribution >= 0.6 is 0 Å². The van der Waals surface area contributed by atoms with E-state index in [2.05, 4.69) is 5.32 Å². The molecule has 0 saturated carbocycles. The minimum Gasteiger partial charge on any atom is -0.497 e. The summed E-state index contributed by atoms with van der Waals surface area (Å²) in [5.41, 5.74) is 0.136. The molecular formula is C26H19N3O9. The third kappa shape index (κ3) is 5.18. The fraction of sp³-hybridized carbons (Fsp3) is 0.0769. The first-order valence-electron chi connectivity index (χ1n) is 10.9. The summed E-state index contributed by atoms with van der Waals surface area (Å²) in [4.78, 5) is 61.6. The highest BCUT2D eigenvalue weighted by molar-refractivity contribution is 6.39. The van der Waals surface area contributed by atoms with Crippen molar-refractivity contribution in [1.29, 1.82) is 0 Å². The van der Waals surface area contributed by atoms with Crippen molar-refractivity contribution in [3.63, 3.8) is 0 Å². The number of ether oxygens (including phenoxy) is 3. The van der Waals surface area contributed by atoms with Gasteiger partial charge in [0.1, 0.15) is 11.3 Å². The molecule has 1 saturated heterocycles. The first kappa shape index (κ1) is 25.6. The summed E-state index contributed by atoms with van der Waals surface area (Å²) in [6.07, 6.45) is 1.27. The summed E-state index contributed by atoms with van der Waals surface area (Å²) in [5.74, 6) is -1.95. The number of imide groups is 2. The second-order valence-corrected chi connectivity index (χ2v) is 7.76. The number of methoxy groups -OCH3 is 2. The van der Waals surface area contributed by atoms with Gasteiger partial charge in [0, 0.05) is 18.2 Å². The Morgan fingerprint density at radius 2 is 1.68 bits per heavy atom. The lowest BCUT2D eigenvalue weighted by Gasteiger charge is -2.26. The van der Waals surface area contributed by atoms with Crippen LogP contribution in [-0.2, 0) is 9.59 Å². The molecule has 1 aliphatic rings. The van der Waals surface area contributed by atoms with Crippen LogP contribution in [0.15, 0.2) is 72.3 Å². The summed E-state index contributed by atoms with van der Waals surface area (Å²) in [6.45, 7) is 0. The van der Waals surface area contributed by atoms with Gasteiger partial charge in [-0.05, 0) is 48.0 Å². The Hall–Kier alpha value is -5.52. The molecule has 4 rings (SSSR count). The van der Waals surface area contributed by atoms with Crippen molar-refractivity contribution in [3.05, 3.63) is 93.5 Å². The standard InChI is InChI=1S/C26H19N3O9/c1-36-19-5-3-4-18(14-19)28-24(31)20(23(30)27-26(28)33)12-15-6-11-21(22(13-15)37-2)38-25(32)16-7-9-17(10-8-16)29(34)35/h3-14H,1-2H3,(H,27,30,33)/b20-12+. The molecule has 0 radical (unpaired) electrons. The molecule has 1 fully saturated rings. The molecule has 1 heterocycles. The average molecular weight is 517 g/mol. The van der Waals surface area contributed by atoms with Gasteiger partial charge < -0.3 is 14.2 Å². The largest absolute Gasteiger partial charge is 0.497 e. The van der Waals surface area contributed by atoms with Crippen LogP contribution in [0.25, 0.3) is 6.08 Å². The van der Waals surface area contributed by atoms with Gasteiger partial charge in [0.25, 0.3) is 17.5 Å². The third-order valence-corrected chi connectivity index (χ3v) is 5.43. The minimum absolute atomic E-state index is 0.0330. The van der Waals surface area contributed by atoms with Crippen molar-refractivity contribution in [1.82, 2.24) is 5.32 Å². The number of nitro benzene ring substituents is 1. The lowest BCUT2D eigenvalue weighted by atomic mass is 10.1. The molecule has 0 unspecified atom stereocenters. The van der Waals surface area contributed by atoms with Crippen LogP contribution in [0.5, 0.6) is 17.2 Å². The van der Waals surface area contributed by atoms with E-state index in [4.69, 9.17) is 14.2 Å². The van der Waals surface area contributed by atoms with E-state index < -0.39 is 28.7 Å².